The van der Waals surface area contributed by atoms with E-state index in [9.17, 15) is 14.4 Å². The molecule has 0 saturated heterocycles. The minimum absolute atomic E-state index is 0. The van der Waals surface area contributed by atoms with Crippen LogP contribution in [0.4, 0.5) is 0 Å². The normalized spacial score (nSPS) is 9.60. The predicted molar refractivity (Wildman–Crippen MR) is 74.8 cm³/mol. The number of carbonyl (C=O) groups is 3. The van der Waals surface area contributed by atoms with E-state index in [1.54, 1.807) is 20.8 Å². The van der Waals surface area contributed by atoms with E-state index in [-0.39, 0.29) is 33.1 Å². The molecule has 0 unspecified atom stereocenters. The molecule has 0 N–H and O–H groups in total. The van der Waals surface area contributed by atoms with Gasteiger partial charge < -0.3 is 14.5 Å². The van der Waals surface area contributed by atoms with Crippen LogP contribution in [-0.2, 0) is 28.9 Å². The summed E-state index contributed by atoms with van der Waals surface area (Å²) < 4.78 is 0. The van der Waals surface area contributed by atoms with Gasteiger partial charge in [0.2, 0.25) is 5.39 Å². The second-order valence-corrected chi connectivity index (χ2v) is 3.86. The molecule has 0 aromatic heterocycles. The second kappa shape index (κ2) is 12.5. The number of hydrogen-bond acceptors (Lipinski definition) is 7. The maximum absolute atomic E-state index is 11.3. The first-order valence-electron chi connectivity index (χ1n) is 6.45. The van der Waals surface area contributed by atoms with Gasteiger partial charge in [-0.15, -0.1) is 0 Å². The molecule has 116 valence electrons. The third kappa shape index (κ3) is 10.4. The number of nitrogens with zero attached hydrogens (tertiary/aromatic N) is 1. The number of hydrogen-bond donors (Lipinski definition) is 0. The highest BCUT2D eigenvalue weighted by atomic mass is 17.2. The quantitative estimate of drug-likeness (QED) is 0.460. The smallest absolute Gasteiger partial charge is 0.300 e. The number of carbonyl (C=O) groups excluding carboxylic acids is 3. The third-order valence-corrected chi connectivity index (χ3v) is 1.89. The molecule has 0 heterocycles. The molecule has 0 fully saturated rings. The van der Waals surface area contributed by atoms with E-state index < -0.39 is 17.9 Å². The molecule has 0 rings (SSSR count). The van der Waals surface area contributed by atoms with E-state index in [1.807, 2.05) is 0 Å². The molecule has 7 nitrogen and oxygen atoms in total. The van der Waals surface area contributed by atoms with Gasteiger partial charge in [-0.05, 0) is 19.3 Å². The molecular weight excluding hydrogens is 265 g/mol. The first-order valence-corrected chi connectivity index (χ1v) is 6.45. The van der Waals surface area contributed by atoms with Gasteiger partial charge in [0.1, 0.15) is 0 Å². The Labute approximate surface area is 121 Å². The van der Waals surface area contributed by atoms with Crippen LogP contribution < -0.4 is 0 Å². The Morgan fingerprint density at radius 1 is 0.700 bits per heavy atom. The van der Waals surface area contributed by atoms with Crippen LogP contribution in [0.1, 0.15) is 59.3 Å². The first kappa shape index (κ1) is 20.7. The van der Waals surface area contributed by atoms with Gasteiger partial charge >= 0.3 is 17.9 Å². The van der Waals surface area contributed by atoms with Gasteiger partial charge in [0, 0.05) is 19.3 Å². The molecule has 0 amide bonds. The minimum Gasteiger partial charge on any atom is -0.300 e. The van der Waals surface area contributed by atoms with Crippen LogP contribution in [0.3, 0.4) is 0 Å². The zero-order valence-corrected chi connectivity index (χ0v) is 11.6. The zero-order valence-electron chi connectivity index (χ0n) is 11.6. The molecule has 0 aliphatic rings. The number of rotatable bonds is 9. The largest absolute Gasteiger partial charge is 0.332 e. The van der Waals surface area contributed by atoms with Gasteiger partial charge in [-0.1, -0.05) is 20.8 Å². The van der Waals surface area contributed by atoms with Gasteiger partial charge in [-0.2, -0.15) is 0 Å². The fourth-order valence-electron chi connectivity index (χ4n) is 1.05. The van der Waals surface area contributed by atoms with Gasteiger partial charge in [-0.25, -0.2) is 0 Å². The van der Waals surface area contributed by atoms with E-state index in [2.05, 4.69) is 14.5 Å². The van der Waals surface area contributed by atoms with Crippen LogP contribution in [0.5, 0.6) is 0 Å². The SMILES string of the molecule is B.CCCC(=O)ON(OC(=O)CCC)OC(=O)CCC. The van der Waals surface area contributed by atoms with Crippen LogP contribution >= 0.6 is 0 Å². The van der Waals surface area contributed by atoms with Crippen LogP contribution in [-0.4, -0.2) is 31.7 Å². The van der Waals surface area contributed by atoms with Crippen LogP contribution in [0.25, 0.3) is 0 Å². The van der Waals surface area contributed by atoms with E-state index in [4.69, 9.17) is 0 Å². The lowest BCUT2D eigenvalue weighted by molar-refractivity contribution is -0.464. The van der Waals surface area contributed by atoms with Gasteiger partial charge in [0.15, 0.2) is 0 Å². The van der Waals surface area contributed by atoms with Crippen molar-refractivity contribution in [2.45, 2.75) is 59.3 Å². The predicted octanol–water partition coefficient (Wildman–Crippen LogP) is 0.879. The molecule has 0 saturated carbocycles. The molecule has 0 aliphatic heterocycles. The summed E-state index contributed by atoms with van der Waals surface area (Å²) in [7, 11) is 0. The fraction of sp³-hybridized carbons (Fsp3) is 0.750. The van der Waals surface area contributed by atoms with Crippen LogP contribution in [0, 0.1) is 0 Å². The van der Waals surface area contributed by atoms with Crippen molar-refractivity contribution in [1.29, 1.82) is 0 Å². The van der Waals surface area contributed by atoms with E-state index in [0.29, 0.717) is 19.3 Å². The Kier molecular flexibility index (Phi) is 12.9. The average molecular weight is 289 g/mol. The molecule has 20 heavy (non-hydrogen) atoms. The van der Waals surface area contributed by atoms with Crippen molar-refractivity contribution >= 4 is 26.3 Å². The summed E-state index contributed by atoms with van der Waals surface area (Å²) in [5.74, 6) is -1.93. The Hall–Kier alpha value is -1.57. The maximum Gasteiger partial charge on any atom is 0.332 e. The van der Waals surface area contributed by atoms with Gasteiger partial charge in [-0.3, -0.25) is 14.4 Å². The Morgan fingerprint density at radius 3 is 1.15 bits per heavy atom. The summed E-state index contributed by atoms with van der Waals surface area (Å²) in [6.45, 7) is 5.37. The molecule has 0 aromatic carbocycles. The molecule has 0 atom stereocenters. The molecule has 0 spiro atoms. The lowest BCUT2D eigenvalue weighted by atomic mass is 10.3. The molecule has 0 aromatic rings. The molecule has 0 bridgehead atoms. The van der Waals surface area contributed by atoms with Crippen molar-refractivity contribution in [2.75, 3.05) is 0 Å². The van der Waals surface area contributed by atoms with Crippen molar-refractivity contribution in [1.82, 2.24) is 5.39 Å². The summed E-state index contributed by atoms with van der Waals surface area (Å²) >= 11 is 0. The Morgan fingerprint density at radius 2 is 0.950 bits per heavy atom. The molecular formula is C12H24BNO6. The summed E-state index contributed by atoms with van der Waals surface area (Å²) in [4.78, 5) is 47.8. The van der Waals surface area contributed by atoms with Crippen LogP contribution in [0.15, 0.2) is 0 Å². The van der Waals surface area contributed by atoms with Gasteiger partial charge in [0.25, 0.3) is 0 Å². The molecule has 8 heteroatoms. The fourth-order valence-corrected chi connectivity index (χ4v) is 1.05. The lowest BCUT2D eigenvalue weighted by Crippen LogP contribution is -2.32. The molecule has 0 aliphatic carbocycles. The van der Waals surface area contributed by atoms with Gasteiger partial charge in [0.05, 0.1) is 8.41 Å². The maximum atomic E-state index is 11.3. The monoisotopic (exact) mass is 289 g/mol. The summed E-state index contributed by atoms with van der Waals surface area (Å²) in [6.07, 6.45) is 2.10. The summed E-state index contributed by atoms with van der Waals surface area (Å²) in [5, 5.41) is 0.202. The first-order chi connectivity index (χ1) is 9.03. The van der Waals surface area contributed by atoms with Crippen molar-refractivity contribution in [3.63, 3.8) is 0 Å². The van der Waals surface area contributed by atoms with Crippen LogP contribution in [0.2, 0.25) is 0 Å². The topological polar surface area (TPSA) is 82.1 Å². The average Bonchev–Trinajstić information content (AvgIpc) is 2.29. The second-order valence-electron chi connectivity index (χ2n) is 3.86. The standard InChI is InChI=1S/C12H21NO6.BH3/c1-4-7-10(14)17-13(18-11(15)8-5-2)19-12(16)9-6-3;/h4-9H2,1-3H3;1H3. The van der Waals surface area contributed by atoms with Crippen molar-refractivity contribution < 1.29 is 28.9 Å². The van der Waals surface area contributed by atoms with E-state index in [1.165, 1.54) is 0 Å². The van der Waals surface area contributed by atoms with E-state index in [0.717, 1.165) is 0 Å². The summed E-state index contributed by atoms with van der Waals surface area (Å²) in [6, 6.07) is 0. The minimum atomic E-state index is -0.643. The Balaban J connectivity index is 0. The highest BCUT2D eigenvalue weighted by molar-refractivity contribution is 5.75. The highest BCUT2D eigenvalue weighted by Crippen LogP contribution is 2.04. The highest BCUT2D eigenvalue weighted by Gasteiger charge is 2.21. The lowest BCUT2D eigenvalue weighted by Gasteiger charge is -2.16. The van der Waals surface area contributed by atoms with Crippen molar-refractivity contribution in [3.05, 3.63) is 0 Å². The van der Waals surface area contributed by atoms with Crippen molar-refractivity contribution in [2.24, 2.45) is 0 Å². The van der Waals surface area contributed by atoms with E-state index >= 15 is 0 Å². The zero-order chi connectivity index (χ0) is 14.7. The Bertz CT molecular complexity index is 263. The summed E-state index contributed by atoms with van der Waals surface area (Å²) in [5.41, 5.74) is 0. The van der Waals surface area contributed by atoms with Crippen molar-refractivity contribution in [3.8, 4) is 0 Å². The third-order valence-electron chi connectivity index (χ3n) is 1.89. The molecule has 0 radical (unpaired) electrons.